The monoisotopic (exact) mass is 401 g/mol. The number of rotatable bonds is 7. The molecule has 0 aliphatic rings. The van der Waals surface area contributed by atoms with E-state index in [0.29, 0.717) is 17.1 Å². The van der Waals surface area contributed by atoms with Crippen LogP contribution in [0.1, 0.15) is 42.3 Å². The molecular formula is C20H25N2O5Si. The van der Waals surface area contributed by atoms with Crippen molar-refractivity contribution in [3.05, 3.63) is 63.2 Å². The molecule has 2 aromatic rings. The maximum absolute atomic E-state index is 11.9. The zero-order chi connectivity index (χ0) is 21.1. The SMILES string of the molecule is C[Si](C)Oc1c(C(N)=O)ccc(COc2ccc([N+](=O)[O-])cc2)c1C(C)(C)C. The summed E-state index contributed by atoms with van der Waals surface area (Å²) in [4.78, 5) is 22.2. The van der Waals surface area contributed by atoms with Crippen LogP contribution in [0.15, 0.2) is 36.4 Å². The van der Waals surface area contributed by atoms with Gasteiger partial charge < -0.3 is 14.9 Å². The number of hydrogen-bond donors (Lipinski definition) is 1. The Hall–Kier alpha value is -2.87. The van der Waals surface area contributed by atoms with Crippen LogP contribution in [0.2, 0.25) is 13.1 Å². The molecular weight excluding hydrogens is 376 g/mol. The van der Waals surface area contributed by atoms with Gasteiger partial charge in [-0.2, -0.15) is 0 Å². The lowest BCUT2D eigenvalue weighted by Crippen LogP contribution is -2.24. The van der Waals surface area contributed by atoms with Gasteiger partial charge in [0.2, 0.25) is 0 Å². The van der Waals surface area contributed by atoms with Gasteiger partial charge in [0.25, 0.3) is 20.6 Å². The molecule has 0 atom stereocenters. The fourth-order valence-electron chi connectivity index (χ4n) is 2.90. The molecule has 0 saturated heterocycles. The molecule has 0 spiro atoms. The number of carbonyl (C=O) groups is 1. The van der Waals surface area contributed by atoms with Crippen molar-refractivity contribution >= 4 is 20.6 Å². The lowest BCUT2D eigenvalue weighted by molar-refractivity contribution is -0.384. The van der Waals surface area contributed by atoms with Crippen molar-refractivity contribution in [2.45, 2.75) is 45.9 Å². The van der Waals surface area contributed by atoms with Gasteiger partial charge in [-0.3, -0.25) is 14.9 Å². The molecule has 1 radical (unpaired) electrons. The number of nitrogens with two attached hydrogens (primary N) is 1. The van der Waals surface area contributed by atoms with Crippen LogP contribution in [-0.4, -0.2) is 19.9 Å². The van der Waals surface area contributed by atoms with Crippen LogP contribution >= 0.6 is 0 Å². The zero-order valence-corrected chi connectivity index (χ0v) is 17.7. The average Bonchev–Trinajstić information content (AvgIpc) is 2.58. The van der Waals surface area contributed by atoms with Crippen molar-refractivity contribution in [1.82, 2.24) is 0 Å². The third-order valence-electron chi connectivity index (χ3n) is 4.01. The third kappa shape index (κ3) is 5.10. The van der Waals surface area contributed by atoms with Crippen LogP contribution in [0.3, 0.4) is 0 Å². The number of ether oxygens (including phenoxy) is 1. The van der Waals surface area contributed by atoms with Crippen LogP contribution in [0, 0.1) is 10.1 Å². The molecule has 7 nitrogen and oxygen atoms in total. The molecule has 8 heteroatoms. The number of benzene rings is 2. The number of nitrogens with zero attached hydrogens (tertiary/aromatic N) is 1. The quantitative estimate of drug-likeness (QED) is 0.425. The summed E-state index contributed by atoms with van der Waals surface area (Å²) in [7, 11) is -1.13. The first-order chi connectivity index (χ1) is 13.0. The van der Waals surface area contributed by atoms with Gasteiger partial charge in [-0.15, -0.1) is 0 Å². The van der Waals surface area contributed by atoms with Crippen molar-refractivity contribution in [1.29, 1.82) is 0 Å². The summed E-state index contributed by atoms with van der Waals surface area (Å²) in [5.41, 5.74) is 7.35. The highest BCUT2D eigenvalue weighted by Crippen LogP contribution is 2.38. The van der Waals surface area contributed by atoms with Crippen molar-refractivity contribution in [2.75, 3.05) is 0 Å². The van der Waals surface area contributed by atoms with Crippen LogP contribution in [0.4, 0.5) is 5.69 Å². The molecule has 0 aliphatic carbocycles. The molecule has 2 aromatic carbocycles. The zero-order valence-electron chi connectivity index (χ0n) is 16.7. The molecule has 0 heterocycles. The van der Waals surface area contributed by atoms with Crippen molar-refractivity contribution in [2.24, 2.45) is 5.73 Å². The highest BCUT2D eigenvalue weighted by atomic mass is 28.3. The van der Waals surface area contributed by atoms with Gasteiger partial charge in [0.15, 0.2) is 0 Å². The van der Waals surface area contributed by atoms with Crippen LogP contribution < -0.4 is 14.9 Å². The van der Waals surface area contributed by atoms with Gasteiger partial charge in [-0.05, 0) is 42.3 Å². The number of nitro groups is 1. The van der Waals surface area contributed by atoms with Crippen LogP contribution in [0.5, 0.6) is 11.5 Å². The predicted molar refractivity (Wildman–Crippen MR) is 109 cm³/mol. The largest absolute Gasteiger partial charge is 0.542 e. The van der Waals surface area contributed by atoms with Gasteiger partial charge in [0, 0.05) is 17.7 Å². The van der Waals surface area contributed by atoms with Gasteiger partial charge in [0.1, 0.15) is 18.1 Å². The Bertz CT molecular complexity index is 873. The molecule has 28 heavy (non-hydrogen) atoms. The molecule has 0 fully saturated rings. The van der Waals surface area contributed by atoms with Crippen molar-refractivity contribution in [3.63, 3.8) is 0 Å². The summed E-state index contributed by atoms with van der Waals surface area (Å²) in [6.07, 6.45) is 0. The number of nitro benzene ring substituents is 1. The summed E-state index contributed by atoms with van der Waals surface area (Å²) >= 11 is 0. The number of hydrogen-bond acceptors (Lipinski definition) is 5. The third-order valence-corrected chi connectivity index (χ3v) is 4.62. The summed E-state index contributed by atoms with van der Waals surface area (Å²) in [5, 5.41) is 10.8. The second-order valence-electron chi connectivity index (χ2n) is 7.64. The second-order valence-corrected chi connectivity index (χ2v) is 9.66. The minimum absolute atomic E-state index is 0.00444. The van der Waals surface area contributed by atoms with Gasteiger partial charge in [-0.1, -0.05) is 26.8 Å². The molecule has 0 aromatic heterocycles. The summed E-state index contributed by atoms with van der Waals surface area (Å²) in [6, 6.07) is 9.39. The summed E-state index contributed by atoms with van der Waals surface area (Å²) in [5.74, 6) is 0.498. The lowest BCUT2D eigenvalue weighted by atomic mass is 9.82. The van der Waals surface area contributed by atoms with Crippen LogP contribution in [-0.2, 0) is 12.0 Å². The Kier molecular flexibility index (Phi) is 6.45. The molecule has 2 N–H and O–H groups in total. The Morgan fingerprint density at radius 3 is 2.21 bits per heavy atom. The fraction of sp³-hybridized carbons (Fsp3) is 0.350. The highest BCUT2D eigenvalue weighted by Gasteiger charge is 2.27. The first-order valence-corrected chi connectivity index (χ1v) is 11.2. The lowest BCUT2D eigenvalue weighted by Gasteiger charge is -2.28. The minimum atomic E-state index is -1.13. The molecule has 0 bridgehead atoms. The molecule has 0 saturated carbocycles. The molecule has 1 amide bonds. The van der Waals surface area contributed by atoms with Crippen molar-refractivity contribution < 1.29 is 18.9 Å². The first kappa shape index (κ1) is 21.4. The fourth-order valence-corrected chi connectivity index (χ4v) is 3.52. The van der Waals surface area contributed by atoms with Gasteiger partial charge >= 0.3 is 0 Å². The van der Waals surface area contributed by atoms with E-state index in [1.54, 1.807) is 18.2 Å². The second kappa shape index (κ2) is 8.43. The number of amides is 1. The normalized spacial score (nSPS) is 11.4. The Labute approximate surface area is 166 Å². The van der Waals surface area contributed by atoms with Gasteiger partial charge in [-0.25, -0.2) is 0 Å². The maximum atomic E-state index is 11.9. The predicted octanol–water partition coefficient (Wildman–Crippen LogP) is 4.20. The first-order valence-electron chi connectivity index (χ1n) is 8.82. The number of non-ortho nitro benzene ring substituents is 1. The molecule has 0 unspecified atom stereocenters. The summed E-state index contributed by atoms with van der Waals surface area (Å²) < 4.78 is 11.9. The maximum Gasteiger partial charge on any atom is 0.274 e. The van der Waals surface area contributed by atoms with E-state index in [0.717, 1.165) is 11.1 Å². The van der Waals surface area contributed by atoms with E-state index in [4.69, 9.17) is 14.9 Å². The number of carbonyl (C=O) groups excluding carboxylic acids is 1. The van der Waals surface area contributed by atoms with Gasteiger partial charge in [0.05, 0.1) is 10.5 Å². The molecule has 0 aliphatic heterocycles. The summed E-state index contributed by atoms with van der Waals surface area (Å²) in [6.45, 7) is 10.3. The Balaban J connectivity index is 2.42. The average molecular weight is 402 g/mol. The van der Waals surface area contributed by atoms with E-state index in [1.165, 1.54) is 12.1 Å². The highest BCUT2D eigenvalue weighted by molar-refractivity contribution is 6.49. The standard InChI is InChI=1S/C20H25N2O5Si/c1-20(2,3)17-13(6-11-16(19(21)23)18(17)27-28(4)5)12-26-15-9-7-14(8-10-15)22(24)25/h6-11H,12H2,1-5H3,(H2,21,23). The van der Waals surface area contributed by atoms with Crippen LogP contribution in [0.25, 0.3) is 0 Å². The van der Waals surface area contributed by atoms with E-state index < -0.39 is 19.9 Å². The minimum Gasteiger partial charge on any atom is -0.542 e. The van der Waals surface area contributed by atoms with Crippen molar-refractivity contribution in [3.8, 4) is 11.5 Å². The van der Waals surface area contributed by atoms with E-state index in [2.05, 4.69) is 0 Å². The Morgan fingerprint density at radius 2 is 1.75 bits per heavy atom. The van der Waals surface area contributed by atoms with E-state index >= 15 is 0 Å². The van der Waals surface area contributed by atoms with E-state index in [9.17, 15) is 14.9 Å². The Morgan fingerprint density at radius 1 is 1.14 bits per heavy atom. The topological polar surface area (TPSA) is 105 Å². The molecule has 2 rings (SSSR count). The van der Waals surface area contributed by atoms with E-state index in [-0.39, 0.29) is 17.7 Å². The smallest absolute Gasteiger partial charge is 0.274 e. The number of primary amides is 1. The molecule has 149 valence electrons. The van der Waals surface area contributed by atoms with E-state index in [1.807, 2.05) is 39.9 Å².